The van der Waals surface area contributed by atoms with Crippen LogP contribution in [0.4, 0.5) is 5.69 Å². The van der Waals surface area contributed by atoms with Crippen molar-refractivity contribution in [1.82, 2.24) is 4.31 Å². The highest BCUT2D eigenvalue weighted by molar-refractivity contribution is 7.88. The summed E-state index contributed by atoms with van der Waals surface area (Å²) in [6, 6.07) is 7.17. The van der Waals surface area contributed by atoms with Gasteiger partial charge in [0.2, 0.25) is 10.0 Å². The Hall–Kier alpha value is -1.07. The highest BCUT2D eigenvalue weighted by Crippen LogP contribution is 2.17. The molecule has 5 heteroatoms. The van der Waals surface area contributed by atoms with E-state index in [-0.39, 0.29) is 5.75 Å². The molecule has 0 aliphatic rings. The second kappa shape index (κ2) is 8.27. The zero-order chi connectivity index (χ0) is 15.0. The van der Waals surface area contributed by atoms with Crippen LogP contribution in [0.3, 0.4) is 0 Å². The molecule has 0 fully saturated rings. The lowest BCUT2D eigenvalue weighted by molar-refractivity contribution is 0.395. The van der Waals surface area contributed by atoms with Crippen LogP contribution >= 0.6 is 0 Å². The van der Waals surface area contributed by atoms with E-state index in [9.17, 15) is 8.42 Å². The van der Waals surface area contributed by atoms with Crippen LogP contribution in [0.2, 0.25) is 0 Å². The molecule has 20 heavy (non-hydrogen) atoms. The Morgan fingerprint density at radius 2 is 1.60 bits per heavy atom. The van der Waals surface area contributed by atoms with Crippen LogP contribution < -0.4 is 5.73 Å². The number of nitrogens with two attached hydrogens (primary N) is 1. The van der Waals surface area contributed by atoms with Crippen LogP contribution in [0.15, 0.2) is 24.3 Å². The summed E-state index contributed by atoms with van der Waals surface area (Å²) in [6.07, 6.45) is 3.78. The van der Waals surface area contributed by atoms with Crippen molar-refractivity contribution in [2.75, 3.05) is 18.8 Å². The SMILES string of the molecule is CCCCN(CCCC)S(=O)(=O)Cc1ccccc1N. The van der Waals surface area contributed by atoms with E-state index < -0.39 is 10.0 Å². The maximum absolute atomic E-state index is 12.5. The molecule has 0 aliphatic carbocycles. The van der Waals surface area contributed by atoms with Crippen LogP contribution in [0.1, 0.15) is 45.1 Å². The van der Waals surface area contributed by atoms with Crippen molar-refractivity contribution < 1.29 is 8.42 Å². The number of hydrogen-bond acceptors (Lipinski definition) is 3. The van der Waals surface area contributed by atoms with Gasteiger partial charge in [0.25, 0.3) is 0 Å². The molecule has 1 aromatic rings. The van der Waals surface area contributed by atoms with Crippen LogP contribution in [0.25, 0.3) is 0 Å². The van der Waals surface area contributed by atoms with Gasteiger partial charge in [-0.1, -0.05) is 44.9 Å². The first-order chi connectivity index (χ1) is 9.51. The summed E-state index contributed by atoms with van der Waals surface area (Å²) in [5, 5.41) is 0. The van der Waals surface area contributed by atoms with Crippen molar-refractivity contribution in [3.63, 3.8) is 0 Å². The fourth-order valence-electron chi connectivity index (χ4n) is 2.01. The van der Waals surface area contributed by atoms with Gasteiger partial charge in [-0.2, -0.15) is 0 Å². The number of hydrogen-bond donors (Lipinski definition) is 1. The number of para-hydroxylation sites is 1. The van der Waals surface area contributed by atoms with Gasteiger partial charge in [0.05, 0.1) is 5.75 Å². The molecule has 0 aliphatic heterocycles. The summed E-state index contributed by atoms with van der Waals surface area (Å²) in [7, 11) is -3.29. The molecule has 2 N–H and O–H groups in total. The van der Waals surface area contributed by atoms with Gasteiger partial charge in [-0.3, -0.25) is 0 Å². The summed E-state index contributed by atoms with van der Waals surface area (Å²) < 4.78 is 26.7. The number of unbranched alkanes of at least 4 members (excludes halogenated alkanes) is 2. The first-order valence-electron chi connectivity index (χ1n) is 7.32. The van der Waals surface area contributed by atoms with E-state index in [1.807, 2.05) is 12.1 Å². The fraction of sp³-hybridized carbons (Fsp3) is 0.600. The summed E-state index contributed by atoms with van der Waals surface area (Å²) in [5.41, 5.74) is 7.07. The molecular formula is C15H26N2O2S. The first-order valence-corrected chi connectivity index (χ1v) is 8.93. The maximum atomic E-state index is 12.5. The second-order valence-electron chi connectivity index (χ2n) is 5.06. The van der Waals surface area contributed by atoms with Crippen LogP contribution in [-0.4, -0.2) is 25.8 Å². The molecule has 1 rings (SSSR count). The molecule has 0 bridgehead atoms. The largest absolute Gasteiger partial charge is 0.398 e. The Bertz CT molecular complexity index is 492. The van der Waals surface area contributed by atoms with Gasteiger partial charge in [-0.15, -0.1) is 0 Å². The average molecular weight is 298 g/mol. The zero-order valence-corrected chi connectivity index (χ0v) is 13.3. The lowest BCUT2D eigenvalue weighted by Gasteiger charge is -2.22. The highest BCUT2D eigenvalue weighted by Gasteiger charge is 2.22. The second-order valence-corrected chi connectivity index (χ2v) is 7.03. The maximum Gasteiger partial charge on any atom is 0.218 e. The molecule has 1 aromatic carbocycles. The third-order valence-electron chi connectivity index (χ3n) is 3.31. The minimum absolute atomic E-state index is 0.00684. The molecule has 0 heterocycles. The van der Waals surface area contributed by atoms with Gasteiger partial charge in [-0.25, -0.2) is 12.7 Å². The minimum Gasteiger partial charge on any atom is -0.398 e. The lowest BCUT2D eigenvalue weighted by atomic mass is 10.2. The van der Waals surface area contributed by atoms with Gasteiger partial charge in [-0.05, 0) is 24.5 Å². The monoisotopic (exact) mass is 298 g/mol. The van der Waals surface area contributed by atoms with Crippen molar-refractivity contribution in [1.29, 1.82) is 0 Å². The predicted octanol–water partition coefficient (Wildman–Crippen LogP) is 3.00. The lowest BCUT2D eigenvalue weighted by Crippen LogP contribution is -2.34. The van der Waals surface area contributed by atoms with E-state index in [2.05, 4.69) is 13.8 Å². The van der Waals surface area contributed by atoms with Gasteiger partial charge >= 0.3 is 0 Å². The van der Waals surface area contributed by atoms with Gasteiger partial charge < -0.3 is 5.73 Å². The summed E-state index contributed by atoms with van der Waals surface area (Å²) in [4.78, 5) is 0. The Morgan fingerprint density at radius 3 is 2.10 bits per heavy atom. The molecule has 0 radical (unpaired) electrons. The van der Waals surface area contributed by atoms with E-state index in [0.29, 0.717) is 24.3 Å². The third kappa shape index (κ3) is 5.13. The van der Waals surface area contributed by atoms with Gasteiger partial charge in [0.1, 0.15) is 0 Å². The van der Waals surface area contributed by atoms with Crippen molar-refractivity contribution in [3.8, 4) is 0 Å². The summed E-state index contributed by atoms with van der Waals surface area (Å²) in [5.74, 6) is -0.00684. The molecule has 0 aromatic heterocycles. The molecular weight excluding hydrogens is 272 g/mol. The molecule has 0 saturated heterocycles. The Kier molecular flexibility index (Phi) is 7.02. The Labute approximate surface area is 123 Å². The van der Waals surface area contributed by atoms with E-state index >= 15 is 0 Å². The molecule has 0 unspecified atom stereocenters. The summed E-state index contributed by atoms with van der Waals surface area (Å²) in [6.45, 7) is 5.34. The van der Waals surface area contributed by atoms with Crippen molar-refractivity contribution in [2.45, 2.75) is 45.3 Å². The standard InChI is InChI=1S/C15H26N2O2S/c1-3-5-11-17(12-6-4-2)20(18,19)13-14-9-7-8-10-15(14)16/h7-10H,3-6,11-13,16H2,1-2H3. The van der Waals surface area contributed by atoms with E-state index in [1.54, 1.807) is 16.4 Å². The number of rotatable bonds is 9. The predicted molar refractivity (Wildman–Crippen MR) is 84.9 cm³/mol. The minimum atomic E-state index is -3.29. The van der Waals surface area contributed by atoms with Crippen LogP contribution in [0, 0.1) is 0 Å². The quantitative estimate of drug-likeness (QED) is 0.713. The van der Waals surface area contributed by atoms with E-state index in [1.165, 1.54) is 0 Å². The molecule has 114 valence electrons. The molecule has 0 atom stereocenters. The molecule has 0 amide bonds. The van der Waals surface area contributed by atoms with Crippen LogP contribution in [-0.2, 0) is 15.8 Å². The number of anilines is 1. The topological polar surface area (TPSA) is 63.4 Å². The Morgan fingerprint density at radius 1 is 1.05 bits per heavy atom. The van der Waals surface area contributed by atoms with E-state index in [0.717, 1.165) is 25.7 Å². The van der Waals surface area contributed by atoms with Crippen LogP contribution in [0.5, 0.6) is 0 Å². The molecule has 4 nitrogen and oxygen atoms in total. The summed E-state index contributed by atoms with van der Waals surface area (Å²) >= 11 is 0. The zero-order valence-electron chi connectivity index (χ0n) is 12.5. The van der Waals surface area contributed by atoms with Gasteiger partial charge in [0, 0.05) is 18.8 Å². The normalized spacial score (nSPS) is 11.9. The average Bonchev–Trinajstić information content (AvgIpc) is 2.41. The highest BCUT2D eigenvalue weighted by atomic mass is 32.2. The van der Waals surface area contributed by atoms with Crippen molar-refractivity contribution in [2.24, 2.45) is 0 Å². The first kappa shape index (κ1) is 17.0. The van der Waals surface area contributed by atoms with Gasteiger partial charge in [0.15, 0.2) is 0 Å². The van der Waals surface area contributed by atoms with E-state index in [4.69, 9.17) is 5.73 Å². The van der Waals surface area contributed by atoms with Crippen molar-refractivity contribution >= 4 is 15.7 Å². The number of sulfonamides is 1. The third-order valence-corrected chi connectivity index (χ3v) is 5.14. The van der Waals surface area contributed by atoms with Crippen molar-refractivity contribution in [3.05, 3.63) is 29.8 Å². The number of nitrogens with zero attached hydrogens (tertiary/aromatic N) is 1. The smallest absolute Gasteiger partial charge is 0.218 e. The molecule has 0 spiro atoms. The molecule has 0 saturated carbocycles. The fourth-order valence-corrected chi connectivity index (χ4v) is 3.67. The number of benzene rings is 1. The number of nitrogen functional groups attached to an aromatic ring is 1. The Balaban J connectivity index is 2.83.